The maximum absolute atomic E-state index is 12.6. The van der Waals surface area contributed by atoms with E-state index in [1.807, 2.05) is 6.92 Å². The summed E-state index contributed by atoms with van der Waals surface area (Å²) in [6, 6.07) is 6.43. The van der Waals surface area contributed by atoms with Crippen LogP contribution in [0.5, 0.6) is 0 Å². The van der Waals surface area contributed by atoms with Crippen LogP contribution in [0.2, 0.25) is 0 Å². The Morgan fingerprint density at radius 1 is 1.33 bits per heavy atom. The molecule has 0 heterocycles. The summed E-state index contributed by atoms with van der Waals surface area (Å²) in [4.78, 5) is 11.0. The highest BCUT2D eigenvalue weighted by Gasteiger charge is 1.97. The Hall–Kier alpha value is -1.22. The van der Waals surface area contributed by atoms with E-state index in [1.165, 1.54) is 12.1 Å². The number of hydrogen-bond acceptors (Lipinski definition) is 2. The third kappa shape index (κ3) is 4.70. The summed E-state index contributed by atoms with van der Waals surface area (Å²) in [7, 11) is 0. The smallest absolute Gasteiger partial charge is 0.146 e. The van der Waals surface area contributed by atoms with Gasteiger partial charge in [0.1, 0.15) is 11.6 Å². The summed E-state index contributed by atoms with van der Waals surface area (Å²) in [6.07, 6.45) is 1.39. The Bertz CT molecular complexity index is 308. The van der Waals surface area contributed by atoms with Gasteiger partial charge in [0.25, 0.3) is 0 Å². The number of ketones is 1. The zero-order valence-corrected chi connectivity index (χ0v) is 8.92. The maximum Gasteiger partial charge on any atom is 0.146 e. The molecule has 0 fully saturated rings. The van der Waals surface area contributed by atoms with Gasteiger partial charge in [-0.25, -0.2) is 4.39 Å². The van der Waals surface area contributed by atoms with Gasteiger partial charge in [-0.05, 0) is 30.7 Å². The lowest BCUT2D eigenvalue weighted by molar-refractivity contribution is -0.117. The van der Waals surface area contributed by atoms with Crippen molar-refractivity contribution in [2.45, 2.75) is 19.8 Å². The van der Waals surface area contributed by atoms with Crippen LogP contribution >= 0.6 is 0 Å². The third-order valence-electron chi connectivity index (χ3n) is 2.22. The summed E-state index contributed by atoms with van der Waals surface area (Å²) >= 11 is 0. The van der Waals surface area contributed by atoms with Crippen molar-refractivity contribution in [3.05, 3.63) is 35.6 Å². The van der Waals surface area contributed by atoms with Gasteiger partial charge in [0.05, 0.1) is 6.54 Å². The average Bonchev–Trinajstić information content (AvgIpc) is 2.26. The van der Waals surface area contributed by atoms with Crippen molar-refractivity contribution in [2.24, 2.45) is 0 Å². The molecule has 0 aliphatic heterocycles. The van der Waals surface area contributed by atoms with Crippen molar-refractivity contribution in [3.63, 3.8) is 0 Å². The SMILES string of the molecule is CCC(=O)CNCCc1ccc(F)cc1. The fourth-order valence-electron chi connectivity index (χ4n) is 1.24. The molecule has 0 amide bonds. The molecule has 82 valence electrons. The van der Waals surface area contributed by atoms with Crippen LogP contribution in [0, 0.1) is 5.82 Å². The second kappa shape index (κ2) is 6.30. The van der Waals surface area contributed by atoms with Crippen LogP contribution in [0.3, 0.4) is 0 Å². The topological polar surface area (TPSA) is 29.1 Å². The zero-order valence-electron chi connectivity index (χ0n) is 8.92. The quantitative estimate of drug-likeness (QED) is 0.725. The molecule has 0 saturated heterocycles. The minimum absolute atomic E-state index is 0.215. The first-order chi connectivity index (χ1) is 7.22. The molecule has 0 saturated carbocycles. The van der Waals surface area contributed by atoms with Crippen molar-refractivity contribution < 1.29 is 9.18 Å². The standard InChI is InChI=1S/C12H16FNO/c1-2-12(15)9-14-8-7-10-3-5-11(13)6-4-10/h3-6,14H,2,7-9H2,1H3. The monoisotopic (exact) mass is 209 g/mol. The van der Waals surface area contributed by atoms with E-state index in [2.05, 4.69) is 5.32 Å². The zero-order chi connectivity index (χ0) is 11.1. The molecule has 0 unspecified atom stereocenters. The molecule has 1 N–H and O–H groups in total. The van der Waals surface area contributed by atoms with Gasteiger partial charge < -0.3 is 5.32 Å². The largest absolute Gasteiger partial charge is 0.310 e. The van der Waals surface area contributed by atoms with Crippen molar-refractivity contribution in [1.29, 1.82) is 0 Å². The van der Waals surface area contributed by atoms with E-state index < -0.39 is 0 Å². The van der Waals surface area contributed by atoms with Crippen molar-refractivity contribution >= 4 is 5.78 Å². The molecule has 0 radical (unpaired) electrons. The van der Waals surface area contributed by atoms with Crippen molar-refractivity contribution in [2.75, 3.05) is 13.1 Å². The van der Waals surface area contributed by atoms with E-state index in [1.54, 1.807) is 12.1 Å². The van der Waals surface area contributed by atoms with Crippen LogP contribution in [0.4, 0.5) is 4.39 Å². The van der Waals surface area contributed by atoms with Crippen LogP contribution < -0.4 is 5.32 Å². The van der Waals surface area contributed by atoms with Gasteiger partial charge in [0, 0.05) is 6.42 Å². The van der Waals surface area contributed by atoms with Crippen LogP contribution in [-0.4, -0.2) is 18.9 Å². The van der Waals surface area contributed by atoms with Crippen LogP contribution in [-0.2, 0) is 11.2 Å². The molecule has 2 nitrogen and oxygen atoms in total. The van der Waals surface area contributed by atoms with Gasteiger partial charge in [-0.1, -0.05) is 19.1 Å². The Balaban J connectivity index is 2.20. The number of carbonyl (C=O) groups is 1. The lowest BCUT2D eigenvalue weighted by Crippen LogP contribution is -2.24. The third-order valence-corrected chi connectivity index (χ3v) is 2.22. The Morgan fingerprint density at radius 2 is 2.00 bits per heavy atom. The predicted octanol–water partition coefficient (Wildman–Crippen LogP) is 1.94. The van der Waals surface area contributed by atoms with E-state index in [9.17, 15) is 9.18 Å². The fraction of sp³-hybridized carbons (Fsp3) is 0.417. The molecule has 0 aromatic heterocycles. The molecular formula is C12H16FNO. The normalized spacial score (nSPS) is 10.3. The van der Waals surface area contributed by atoms with Crippen LogP contribution in [0.15, 0.2) is 24.3 Å². The lowest BCUT2D eigenvalue weighted by Gasteiger charge is -2.03. The molecule has 0 spiro atoms. The second-order valence-corrected chi connectivity index (χ2v) is 3.45. The Morgan fingerprint density at radius 3 is 2.60 bits per heavy atom. The number of carbonyl (C=O) groups excluding carboxylic acids is 1. The highest BCUT2D eigenvalue weighted by Crippen LogP contribution is 2.02. The van der Waals surface area contributed by atoms with E-state index in [0.717, 1.165) is 18.5 Å². The number of halogens is 1. The number of nitrogens with one attached hydrogen (secondary N) is 1. The van der Waals surface area contributed by atoms with E-state index >= 15 is 0 Å². The number of rotatable bonds is 6. The van der Waals surface area contributed by atoms with Gasteiger partial charge in [-0.15, -0.1) is 0 Å². The summed E-state index contributed by atoms with van der Waals surface area (Å²) in [5, 5.41) is 3.06. The fourth-order valence-corrected chi connectivity index (χ4v) is 1.24. The highest BCUT2D eigenvalue weighted by atomic mass is 19.1. The van der Waals surface area contributed by atoms with Crippen LogP contribution in [0.1, 0.15) is 18.9 Å². The molecule has 15 heavy (non-hydrogen) atoms. The average molecular weight is 209 g/mol. The van der Waals surface area contributed by atoms with Gasteiger partial charge in [0.2, 0.25) is 0 Å². The molecule has 0 atom stereocenters. The number of hydrogen-bond donors (Lipinski definition) is 1. The number of Topliss-reactive ketones (excluding diaryl/α,β-unsaturated/α-hetero) is 1. The van der Waals surface area contributed by atoms with Gasteiger partial charge >= 0.3 is 0 Å². The Labute approximate surface area is 89.5 Å². The second-order valence-electron chi connectivity index (χ2n) is 3.45. The first-order valence-corrected chi connectivity index (χ1v) is 5.19. The summed E-state index contributed by atoms with van der Waals surface area (Å²) in [5.74, 6) is 0.00183. The molecule has 1 aromatic carbocycles. The van der Waals surface area contributed by atoms with E-state index in [0.29, 0.717) is 13.0 Å². The molecule has 0 aliphatic carbocycles. The predicted molar refractivity (Wildman–Crippen MR) is 58.3 cm³/mol. The van der Waals surface area contributed by atoms with E-state index in [-0.39, 0.29) is 11.6 Å². The van der Waals surface area contributed by atoms with Crippen LogP contribution in [0.25, 0.3) is 0 Å². The summed E-state index contributed by atoms with van der Waals surface area (Å²) in [5.41, 5.74) is 1.08. The molecule has 1 aromatic rings. The summed E-state index contributed by atoms with van der Waals surface area (Å²) in [6.45, 7) is 3.03. The molecule has 0 aliphatic rings. The molecule has 0 bridgehead atoms. The highest BCUT2D eigenvalue weighted by molar-refractivity contribution is 5.80. The first-order valence-electron chi connectivity index (χ1n) is 5.19. The maximum atomic E-state index is 12.6. The molecule has 3 heteroatoms. The minimum atomic E-state index is -0.215. The van der Waals surface area contributed by atoms with Crippen molar-refractivity contribution in [1.82, 2.24) is 5.32 Å². The summed E-state index contributed by atoms with van der Waals surface area (Å²) < 4.78 is 12.6. The number of benzene rings is 1. The molecule has 1 rings (SSSR count). The molecular weight excluding hydrogens is 193 g/mol. The van der Waals surface area contributed by atoms with E-state index in [4.69, 9.17) is 0 Å². The van der Waals surface area contributed by atoms with Gasteiger partial charge in [0.15, 0.2) is 0 Å². The van der Waals surface area contributed by atoms with Gasteiger partial charge in [-0.3, -0.25) is 4.79 Å². The Kier molecular flexibility index (Phi) is 4.98. The lowest BCUT2D eigenvalue weighted by atomic mass is 10.1. The van der Waals surface area contributed by atoms with Gasteiger partial charge in [-0.2, -0.15) is 0 Å². The van der Waals surface area contributed by atoms with Crippen molar-refractivity contribution in [3.8, 4) is 0 Å². The first kappa shape index (κ1) is 11.9. The minimum Gasteiger partial charge on any atom is -0.310 e.